The molecule has 2 atom stereocenters. The van der Waals surface area contributed by atoms with Crippen LogP contribution in [0, 0.1) is 0 Å². The first-order valence-corrected chi connectivity index (χ1v) is 8.73. The first-order chi connectivity index (χ1) is 12.1. The van der Waals surface area contributed by atoms with Gasteiger partial charge in [-0.3, -0.25) is 4.79 Å². The molecule has 2 unspecified atom stereocenters. The summed E-state index contributed by atoms with van der Waals surface area (Å²) in [5.41, 5.74) is 2.28. The minimum atomic E-state index is -0.943. The number of hydrogen-bond donors (Lipinski definition) is 1. The molecule has 1 aliphatic rings. The van der Waals surface area contributed by atoms with E-state index in [-0.39, 0.29) is 17.5 Å². The Morgan fingerprint density at radius 3 is 2.48 bits per heavy atom. The fraction of sp³-hybridized carbons (Fsp3) is 0.333. The minimum Gasteiger partial charge on any atom is -0.478 e. The van der Waals surface area contributed by atoms with Gasteiger partial charge in [0.05, 0.1) is 5.56 Å². The monoisotopic (exact) mass is 337 g/mol. The summed E-state index contributed by atoms with van der Waals surface area (Å²) in [4.78, 5) is 25.9. The number of aryl methyl sites for hydroxylation is 1. The molecule has 1 saturated heterocycles. The lowest BCUT2D eigenvalue weighted by molar-refractivity contribution is -0.131. The van der Waals surface area contributed by atoms with E-state index in [1.54, 1.807) is 18.2 Å². The highest BCUT2D eigenvalue weighted by Crippen LogP contribution is 2.33. The van der Waals surface area contributed by atoms with Crippen LogP contribution in [0.15, 0.2) is 54.6 Å². The first-order valence-electron chi connectivity index (χ1n) is 8.73. The van der Waals surface area contributed by atoms with Crippen LogP contribution in [0.25, 0.3) is 0 Å². The third-order valence-electron chi connectivity index (χ3n) is 5.16. The van der Waals surface area contributed by atoms with Gasteiger partial charge in [-0.2, -0.15) is 0 Å². The number of nitrogens with zero attached hydrogens (tertiary/aromatic N) is 1. The van der Waals surface area contributed by atoms with Gasteiger partial charge in [0.25, 0.3) is 0 Å². The molecule has 3 rings (SSSR count). The molecule has 2 aromatic carbocycles. The molecule has 1 heterocycles. The Kier molecular flexibility index (Phi) is 5.17. The SMILES string of the molecule is CC1C(c2ccccc2)CCN1C(=O)CCc1ccccc1C(=O)O. The first kappa shape index (κ1) is 17.2. The number of carbonyl (C=O) groups excluding carboxylic acids is 1. The van der Waals surface area contributed by atoms with Crippen molar-refractivity contribution in [2.75, 3.05) is 6.54 Å². The second kappa shape index (κ2) is 7.51. The third kappa shape index (κ3) is 3.73. The second-order valence-electron chi connectivity index (χ2n) is 6.60. The summed E-state index contributed by atoms with van der Waals surface area (Å²) >= 11 is 0. The van der Waals surface area contributed by atoms with Gasteiger partial charge in [-0.15, -0.1) is 0 Å². The fourth-order valence-corrected chi connectivity index (χ4v) is 3.77. The molecule has 0 aromatic heterocycles. The Bertz CT molecular complexity index is 757. The van der Waals surface area contributed by atoms with Crippen LogP contribution in [-0.2, 0) is 11.2 Å². The van der Waals surface area contributed by atoms with E-state index in [9.17, 15) is 14.7 Å². The number of carboxylic acids is 1. The van der Waals surface area contributed by atoms with E-state index in [1.807, 2.05) is 29.2 Å². The van der Waals surface area contributed by atoms with Crippen molar-refractivity contribution in [3.63, 3.8) is 0 Å². The molecule has 1 aliphatic heterocycles. The maximum atomic E-state index is 12.7. The van der Waals surface area contributed by atoms with Crippen LogP contribution < -0.4 is 0 Å². The van der Waals surface area contributed by atoms with E-state index in [0.29, 0.717) is 18.8 Å². The van der Waals surface area contributed by atoms with Crippen LogP contribution >= 0.6 is 0 Å². The molecule has 1 amide bonds. The summed E-state index contributed by atoms with van der Waals surface area (Å²) in [6.45, 7) is 2.87. The smallest absolute Gasteiger partial charge is 0.335 e. The number of benzene rings is 2. The number of rotatable bonds is 5. The molecule has 0 saturated carbocycles. The van der Waals surface area contributed by atoms with Gasteiger partial charge >= 0.3 is 5.97 Å². The van der Waals surface area contributed by atoms with Crippen molar-refractivity contribution in [3.8, 4) is 0 Å². The summed E-state index contributed by atoms with van der Waals surface area (Å²) in [5.74, 6) is -0.468. The summed E-state index contributed by atoms with van der Waals surface area (Å²) in [6, 6.07) is 17.4. The maximum Gasteiger partial charge on any atom is 0.335 e. The summed E-state index contributed by atoms with van der Waals surface area (Å²) in [5, 5.41) is 9.25. The highest BCUT2D eigenvalue weighted by atomic mass is 16.4. The molecule has 4 nitrogen and oxygen atoms in total. The molecule has 0 spiro atoms. The molecule has 0 aliphatic carbocycles. The molecule has 4 heteroatoms. The van der Waals surface area contributed by atoms with Gasteiger partial charge in [0, 0.05) is 24.9 Å². The maximum absolute atomic E-state index is 12.7. The van der Waals surface area contributed by atoms with Gasteiger partial charge in [-0.25, -0.2) is 4.79 Å². The van der Waals surface area contributed by atoms with Crippen LogP contribution in [0.1, 0.15) is 47.2 Å². The average molecular weight is 337 g/mol. The van der Waals surface area contributed by atoms with E-state index in [2.05, 4.69) is 19.1 Å². The largest absolute Gasteiger partial charge is 0.478 e. The van der Waals surface area contributed by atoms with Crippen molar-refractivity contribution in [1.82, 2.24) is 4.90 Å². The summed E-state index contributed by atoms with van der Waals surface area (Å²) in [6.07, 6.45) is 1.78. The normalized spacial score (nSPS) is 19.8. The predicted octanol–water partition coefficient (Wildman–Crippen LogP) is 3.72. The van der Waals surface area contributed by atoms with E-state index >= 15 is 0 Å². The highest BCUT2D eigenvalue weighted by molar-refractivity contribution is 5.89. The van der Waals surface area contributed by atoms with E-state index in [4.69, 9.17) is 0 Å². The minimum absolute atomic E-state index is 0.103. The van der Waals surface area contributed by atoms with Crippen molar-refractivity contribution in [1.29, 1.82) is 0 Å². The van der Waals surface area contributed by atoms with Crippen LogP contribution in [0.2, 0.25) is 0 Å². The van der Waals surface area contributed by atoms with E-state index < -0.39 is 5.97 Å². The van der Waals surface area contributed by atoms with Crippen molar-refractivity contribution < 1.29 is 14.7 Å². The van der Waals surface area contributed by atoms with Crippen molar-refractivity contribution >= 4 is 11.9 Å². The molecule has 1 fully saturated rings. The van der Waals surface area contributed by atoms with Gasteiger partial charge in [0.1, 0.15) is 0 Å². The number of hydrogen-bond acceptors (Lipinski definition) is 2. The number of carbonyl (C=O) groups is 2. The fourth-order valence-electron chi connectivity index (χ4n) is 3.77. The zero-order valence-electron chi connectivity index (χ0n) is 14.4. The van der Waals surface area contributed by atoms with Gasteiger partial charge in [-0.05, 0) is 37.0 Å². The third-order valence-corrected chi connectivity index (χ3v) is 5.16. The van der Waals surface area contributed by atoms with Crippen molar-refractivity contribution in [2.24, 2.45) is 0 Å². The number of aromatic carboxylic acids is 1. The van der Waals surface area contributed by atoms with Gasteiger partial charge in [0.2, 0.25) is 5.91 Å². The highest BCUT2D eigenvalue weighted by Gasteiger charge is 2.34. The molecule has 0 bridgehead atoms. The lowest BCUT2D eigenvalue weighted by atomic mass is 9.93. The van der Waals surface area contributed by atoms with Crippen LogP contribution in [-0.4, -0.2) is 34.5 Å². The Morgan fingerprint density at radius 2 is 1.76 bits per heavy atom. The molecular formula is C21H23NO3. The molecule has 2 aromatic rings. The Balaban J connectivity index is 1.64. The molecule has 0 radical (unpaired) electrons. The summed E-state index contributed by atoms with van der Waals surface area (Å²) < 4.78 is 0. The van der Waals surface area contributed by atoms with Gasteiger partial charge in [-0.1, -0.05) is 48.5 Å². The quantitative estimate of drug-likeness (QED) is 0.904. The van der Waals surface area contributed by atoms with E-state index in [1.165, 1.54) is 5.56 Å². The number of amides is 1. The second-order valence-corrected chi connectivity index (χ2v) is 6.60. The van der Waals surface area contributed by atoms with Gasteiger partial charge < -0.3 is 10.0 Å². The summed E-state index contributed by atoms with van der Waals surface area (Å²) in [7, 11) is 0. The molecular weight excluding hydrogens is 314 g/mol. The standard InChI is InChI=1S/C21H23NO3/c1-15-18(16-7-3-2-4-8-16)13-14-22(15)20(23)12-11-17-9-5-6-10-19(17)21(24)25/h2-10,15,18H,11-14H2,1H3,(H,24,25). The van der Waals surface area contributed by atoms with E-state index in [0.717, 1.165) is 18.5 Å². The lowest BCUT2D eigenvalue weighted by Crippen LogP contribution is -2.35. The zero-order chi connectivity index (χ0) is 17.8. The zero-order valence-corrected chi connectivity index (χ0v) is 14.4. The van der Waals surface area contributed by atoms with Crippen LogP contribution in [0.4, 0.5) is 0 Å². The average Bonchev–Trinajstić information content (AvgIpc) is 3.02. The Morgan fingerprint density at radius 1 is 1.08 bits per heavy atom. The lowest BCUT2D eigenvalue weighted by Gasteiger charge is -2.25. The van der Waals surface area contributed by atoms with Crippen molar-refractivity contribution in [2.45, 2.75) is 38.1 Å². The Hall–Kier alpha value is -2.62. The molecule has 25 heavy (non-hydrogen) atoms. The van der Waals surface area contributed by atoms with Crippen molar-refractivity contribution in [3.05, 3.63) is 71.3 Å². The number of likely N-dealkylation sites (tertiary alicyclic amines) is 1. The van der Waals surface area contributed by atoms with Crippen LogP contribution in [0.5, 0.6) is 0 Å². The number of carboxylic acid groups (broad SMARTS) is 1. The Labute approximate surface area is 148 Å². The molecule has 1 N–H and O–H groups in total. The molecule has 130 valence electrons. The van der Waals surface area contributed by atoms with Gasteiger partial charge in [0.15, 0.2) is 0 Å². The van der Waals surface area contributed by atoms with Crippen LogP contribution in [0.3, 0.4) is 0 Å². The topological polar surface area (TPSA) is 57.6 Å². The predicted molar refractivity (Wildman–Crippen MR) is 96.7 cm³/mol.